The fourth-order valence-corrected chi connectivity index (χ4v) is 5.27. The maximum absolute atomic E-state index is 13.1. The topological polar surface area (TPSA) is 117 Å². The molecule has 2 N–H and O–H groups in total. The summed E-state index contributed by atoms with van der Waals surface area (Å²) >= 11 is 0. The summed E-state index contributed by atoms with van der Waals surface area (Å²) in [5.74, 6) is 0.955. The van der Waals surface area contributed by atoms with Gasteiger partial charge in [-0.2, -0.15) is 4.31 Å². The van der Waals surface area contributed by atoms with Crippen molar-refractivity contribution in [3.63, 3.8) is 0 Å². The minimum Gasteiger partial charge on any atom is -0.497 e. The van der Waals surface area contributed by atoms with Crippen molar-refractivity contribution in [2.75, 3.05) is 52.3 Å². The Kier molecular flexibility index (Phi) is 6.31. The normalized spacial score (nSPS) is 15.6. The second-order valence-electron chi connectivity index (χ2n) is 7.38. The lowest BCUT2D eigenvalue weighted by Gasteiger charge is -2.33. The van der Waals surface area contributed by atoms with Gasteiger partial charge < -0.3 is 19.8 Å². The molecule has 1 aromatic carbocycles. The third kappa shape index (κ3) is 4.54. The van der Waals surface area contributed by atoms with Gasteiger partial charge in [-0.3, -0.25) is 9.69 Å². The molecule has 10 nitrogen and oxygen atoms in total. The molecule has 2 aromatic heterocycles. The lowest BCUT2D eigenvalue weighted by Crippen LogP contribution is -2.50. The van der Waals surface area contributed by atoms with E-state index in [2.05, 4.69) is 15.3 Å². The zero-order chi connectivity index (χ0) is 22.7. The molecule has 1 amide bonds. The number of aromatic amines is 1. The van der Waals surface area contributed by atoms with Crippen LogP contribution in [0.3, 0.4) is 0 Å². The van der Waals surface area contributed by atoms with Crippen molar-refractivity contribution in [3.05, 3.63) is 42.7 Å². The van der Waals surface area contributed by atoms with Crippen LogP contribution >= 0.6 is 0 Å². The zero-order valence-electron chi connectivity index (χ0n) is 17.9. The number of fused-ring (bicyclic) bond motifs is 1. The molecule has 1 saturated heterocycles. The van der Waals surface area contributed by atoms with Crippen molar-refractivity contribution < 1.29 is 22.7 Å². The van der Waals surface area contributed by atoms with Crippen LogP contribution in [0.4, 0.5) is 5.69 Å². The van der Waals surface area contributed by atoms with Crippen molar-refractivity contribution in [1.82, 2.24) is 19.2 Å². The Morgan fingerprint density at radius 2 is 1.81 bits per heavy atom. The lowest BCUT2D eigenvalue weighted by atomic mass is 10.2. The summed E-state index contributed by atoms with van der Waals surface area (Å²) in [6.07, 6.45) is 3.09. The van der Waals surface area contributed by atoms with Gasteiger partial charge in [0, 0.05) is 67.8 Å². The van der Waals surface area contributed by atoms with Gasteiger partial charge in [0.2, 0.25) is 15.9 Å². The van der Waals surface area contributed by atoms with Gasteiger partial charge in [-0.25, -0.2) is 13.4 Å². The summed E-state index contributed by atoms with van der Waals surface area (Å²) in [5.41, 5.74) is 1.11. The van der Waals surface area contributed by atoms with Crippen molar-refractivity contribution in [2.45, 2.75) is 4.90 Å². The first-order chi connectivity index (χ1) is 15.4. The van der Waals surface area contributed by atoms with Crippen LogP contribution in [0, 0.1) is 0 Å². The van der Waals surface area contributed by atoms with E-state index in [1.54, 1.807) is 50.7 Å². The summed E-state index contributed by atoms with van der Waals surface area (Å²) in [5, 5.41) is 3.41. The quantitative estimate of drug-likeness (QED) is 0.550. The van der Waals surface area contributed by atoms with E-state index in [1.165, 1.54) is 10.5 Å². The van der Waals surface area contributed by atoms with E-state index in [1.807, 2.05) is 4.90 Å². The van der Waals surface area contributed by atoms with Crippen molar-refractivity contribution in [3.8, 4) is 11.5 Å². The minimum absolute atomic E-state index is 0.157. The number of sulfonamides is 1. The van der Waals surface area contributed by atoms with Gasteiger partial charge in [-0.15, -0.1) is 0 Å². The molecule has 3 heterocycles. The predicted molar refractivity (Wildman–Crippen MR) is 119 cm³/mol. The van der Waals surface area contributed by atoms with Gasteiger partial charge >= 0.3 is 0 Å². The highest BCUT2D eigenvalue weighted by atomic mass is 32.2. The number of carbonyl (C=O) groups excluding carboxylic acids is 1. The number of pyridine rings is 1. The zero-order valence-corrected chi connectivity index (χ0v) is 18.7. The second kappa shape index (κ2) is 9.15. The molecule has 0 aliphatic carbocycles. The summed E-state index contributed by atoms with van der Waals surface area (Å²) in [6.45, 7) is 1.67. The highest BCUT2D eigenvalue weighted by Gasteiger charge is 2.31. The Hall–Kier alpha value is -3.15. The molecule has 3 aromatic rings. The van der Waals surface area contributed by atoms with E-state index in [-0.39, 0.29) is 17.3 Å². The molecule has 1 fully saturated rings. The minimum atomic E-state index is -3.65. The molecule has 0 atom stereocenters. The molecular formula is C21H25N5O5S. The van der Waals surface area contributed by atoms with Gasteiger partial charge in [0.05, 0.1) is 20.8 Å². The highest BCUT2D eigenvalue weighted by molar-refractivity contribution is 7.89. The molecule has 0 saturated carbocycles. The maximum atomic E-state index is 13.1. The van der Waals surface area contributed by atoms with Crippen molar-refractivity contribution in [1.29, 1.82) is 0 Å². The van der Waals surface area contributed by atoms with Gasteiger partial charge in [0.15, 0.2) is 0 Å². The molecule has 11 heteroatoms. The molecule has 0 spiro atoms. The number of piperazine rings is 1. The van der Waals surface area contributed by atoms with Crippen LogP contribution in [0.5, 0.6) is 11.5 Å². The first-order valence-corrected chi connectivity index (χ1v) is 11.5. The van der Waals surface area contributed by atoms with Crippen LogP contribution in [-0.2, 0) is 14.8 Å². The number of amides is 1. The van der Waals surface area contributed by atoms with Crippen molar-refractivity contribution >= 4 is 32.7 Å². The number of carbonyl (C=O) groups is 1. The molecule has 0 radical (unpaired) electrons. The van der Waals surface area contributed by atoms with E-state index >= 15 is 0 Å². The molecular weight excluding hydrogens is 434 g/mol. The Labute approximate surface area is 186 Å². The Bertz CT molecular complexity index is 1200. The standard InChI is InChI=1S/C21H25N5O5S/c1-30-16-10-15(11-17(12-16)31-2)24-20(27)14-25-6-8-26(9-7-25)32(28,29)19-13-23-21-18(19)4-3-5-22-21/h3-5,10-13H,6-9,14H2,1-2H3,(H,22,23)(H,24,27). The number of ether oxygens (including phenoxy) is 2. The smallest absolute Gasteiger partial charge is 0.245 e. The molecule has 170 valence electrons. The predicted octanol–water partition coefficient (Wildman–Crippen LogP) is 1.53. The number of nitrogens with one attached hydrogen (secondary N) is 2. The van der Waals surface area contributed by atoms with Crippen LogP contribution < -0.4 is 14.8 Å². The maximum Gasteiger partial charge on any atom is 0.245 e. The third-order valence-corrected chi connectivity index (χ3v) is 7.30. The largest absolute Gasteiger partial charge is 0.497 e. The van der Waals surface area contributed by atoms with Gasteiger partial charge in [0.25, 0.3) is 0 Å². The number of hydrogen-bond donors (Lipinski definition) is 2. The Balaban J connectivity index is 1.36. The fraction of sp³-hybridized carbons (Fsp3) is 0.333. The number of H-pyrrole nitrogens is 1. The van der Waals surface area contributed by atoms with E-state index in [0.29, 0.717) is 54.4 Å². The second-order valence-corrected chi connectivity index (χ2v) is 9.29. The van der Waals surface area contributed by atoms with Gasteiger partial charge in [-0.1, -0.05) is 0 Å². The van der Waals surface area contributed by atoms with Gasteiger partial charge in [-0.05, 0) is 12.1 Å². The Morgan fingerprint density at radius 3 is 2.47 bits per heavy atom. The summed E-state index contributed by atoms with van der Waals surface area (Å²) in [7, 11) is -0.569. The summed E-state index contributed by atoms with van der Waals surface area (Å²) < 4.78 is 38.1. The van der Waals surface area contributed by atoms with E-state index in [4.69, 9.17) is 9.47 Å². The summed E-state index contributed by atoms with van der Waals surface area (Å²) in [6, 6.07) is 8.59. The van der Waals surface area contributed by atoms with E-state index < -0.39 is 10.0 Å². The molecule has 0 bridgehead atoms. The summed E-state index contributed by atoms with van der Waals surface area (Å²) in [4.78, 5) is 21.7. The number of methoxy groups -OCH3 is 2. The highest BCUT2D eigenvalue weighted by Crippen LogP contribution is 2.26. The molecule has 0 unspecified atom stereocenters. The number of hydrogen-bond acceptors (Lipinski definition) is 7. The number of rotatable bonds is 7. The monoisotopic (exact) mass is 459 g/mol. The first kappa shape index (κ1) is 22.1. The van der Waals surface area contributed by atoms with Crippen LogP contribution in [0.1, 0.15) is 0 Å². The van der Waals surface area contributed by atoms with Crippen LogP contribution in [0.25, 0.3) is 11.0 Å². The van der Waals surface area contributed by atoms with E-state index in [0.717, 1.165) is 0 Å². The molecule has 1 aliphatic heterocycles. The van der Waals surface area contributed by atoms with Gasteiger partial charge in [0.1, 0.15) is 22.0 Å². The average molecular weight is 460 g/mol. The number of benzene rings is 1. The molecule has 1 aliphatic rings. The Morgan fingerprint density at radius 1 is 1.12 bits per heavy atom. The molecule has 32 heavy (non-hydrogen) atoms. The average Bonchev–Trinajstić information content (AvgIpc) is 3.24. The fourth-order valence-electron chi connectivity index (χ4n) is 3.69. The lowest BCUT2D eigenvalue weighted by molar-refractivity contribution is -0.117. The third-order valence-electron chi connectivity index (χ3n) is 5.36. The molecule has 4 rings (SSSR count). The van der Waals surface area contributed by atoms with E-state index in [9.17, 15) is 13.2 Å². The number of aromatic nitrogens is 2. The first-order valence-electron chi connectivity index (χ1n) is 10.1. The van der Waals surface area contributed by atoms with Crippen LogP contribution in [-0.4, -0.2) is 80.4 Å². The van der Waals surface area contributed by atoms with Crippen LogP contribution in [0.2, 0.25) is 0 Å². The van der Waals surface area contributed by atoms with Crippen LogP contribution in [0.15, 0.2) is 47.6 Å². The van der Waals surface area contributed by atoms with Crippen molar-refractivity contribution in [2.24, 2.45) is 0 Å². The SMILES string of the molecule is COc1cc(NC(=O)CN2CCN(S(=O)(=O)c3c[nH]c4ncccc34)CC2)cc(OC)c1. The number of anilines is 1. The number of nitrogens with zero attached hydrogens (tertiary/aromatic N) is 3.